The minimum Gasteiger partial charge on any atom is -0.345 e. The van der Waals surface area contributed by atoms with Crippen LogP contribution in [0.5, 0.6) is 0 Å². The van der Waals surface area contributed by atoms with Gasteiger partial charge in [-0.05, 0) is 43.7 Å². The Kier molecular flexibility index (Phi) is 4.27. The summed E-state index contributed by atoms with van der Waals surface area (Å²) in [6, 6.07) is 14.8. The molecule has 2 aromatic rings. The van der Waals surface area contributed by atoms with E-state index < -0.39 is 0 Å². The average molecular weight is 319 g/mol. The Bertz CT molecular complexity index is 561. The molecule has 0 bridgehead atoms. The van der Waals surface area contributed by atoms with Gasteiger partial charge in [-0.2, -0.15) is 0 Å². The van der Waals surface area contributed by atoms with Crippen LogP contribution < -0.4 is 10.6 Å². The van der Waals surface area contributed by atoms with Crippen LogP contribution in [0.2, 0.25) is 0 Å². The Balaban J connectivity index is 2.31. The number of rotatable bonds is 3. The number of anilines is 2. The fourth-order valence-electron chi connectivity index (χ4n) is 2.01. The molecular weight excluding hydrogens is 300 g/mol. The van der Waals surface area contributed by atoms with E-state index in [0.717, 1.165) is 15.7 Å². The van der Waals surface area contributed by atoms with Crippen molar-refractivity contribution in [3.63, 3.8) is 0 Å². The number of benzene rings is 2. The molecule has 0 spiro atoms. The van der Waals surface area contributed by atoms with E-state index in [2.05, 4.69) is 77.3 Å². The lowest BCUT2D eigenvalue weighted by atomic mass is 10.1. The molecule has 100 valence electrons. The summed E-state index contributed by atoms with van der Waals surface area (Å²) in [5.74, 6) is 0. The lowest BCUT2D eigenvalue weighted by molar-refractivity contribution is 0.813. The summed E-state index contributed by atoms with van der Waals surface area (Å²) in [7, 11) is 2.07. The van der Waals surface area contributed by atoms with Crippen molar-refractivity contribution in [2.75, 3.05) is 11.9 Å². The molecule has 0 aliphatic carbocycles. The molecule has 0 saturated carbocycles. The zero-order valence-electron chi connectivity index (χ0n) is 11.5. The molecule has 0 aromatic heterocycles. The molecule has 0 unspecified atom stereocenters. The fraction of sp³-hybridized carbons (Fsp3) is 0.250. The summed E-state index contributed by atoms with van der Waals surface area (Å²) < 4.78 is 1.05. The van der Waals surface area contributed by atoms with E-state index in [1.807, 2.05) is 6.92 Å². The monoisotopic (exact) mass is 318 g/mol. The second-order valence-electron chi connectivity index (χ2n) is 4.89. The van der Waals surface area contributed by atoms with Crippen LogP contribution >= 0.6 is 15.9 Å². The molecule has 0 radical (unpaired) electrons. The molecule has 3 heteroatoms. The minimum atomic E-state index is 0.0353. The quantitative estimate of drug-likeness (QED) is 0.899. The predicted molar refractivity (Wildman–Crippen MR) is 86.0 cm³/mol. The molecule has 2 nitrogen and oxygen atoms in total. The van der Waals surface area contributed by atoms with Crippen molar-refractivity contribution >= 4 is 27.3 Å². The van der Waals surface area contributed by atoms with Gasteiger partial charge in [-0.1, -0.05) is 39.7 Å². The molecule has 0 aliphatic rings. The molecule has 1 atom stereocenters. The lowest BCUT2D eigenvalue weighted by Crippen LogP contribution is -2.11. The van der Waals surface area contributed by atoms with Crippen LogP contribution in [0.3, 0.4) is 0 Å². The molecule has 0 amide bonds. The normalized spacial score (nSPS) is 12.3. The van der Waals surface area contributed by atoms with E-state index in [-0.39, 0.29) is 6.04 Å². The summed E-state index contributed by atoms with van der Waals surface area (Å²) in [5, 5.41) is 0. The number of hydrogen-bond acceptors (Lipinski definition) is 2. The molecule has 0 aliphatic heterocycles. The maximum atomic E-state index is 5.92. The third kappa shape index (κ3) is 3.17. The van der Waals surface area contributed by atoms with Crippen molar-refractivity contribution in [1.29, 1.82) is 0 Å². The Hall–Kier alpha value is -1.32. The van der Waals surface area contributed by atoms with Crippen LogP contribution in [0.1, 0.15) is 24.1 Å². The zero-order chi connectivity index (χ0) is 14.0. The average Bonchev–Trinajstić information content (AvgIpc) is 2.38. The summed E-state index contributed by atoms with van der Waals surface area (Å²) >= 11 is 3.59. The maximum absolute atomic E-state index is 5.92. The fourth-order valence-corrected chi connectivity index (χ4v) is 2.74. The topological polar surface area (TPSA) is 29.3 Å². The van der Waals surface area contributed by atoms with Crippen molar-refractivity contribution in [2.24, 2.45) is 5.73 Å². The van der Waals surface area contributed by atoms with Crippen molar-refractivity contribution in [3.05, 3.63) is 58.1 Å². The van der Waals surface area contributed by atoms with Crippen molar-refractivity contribution < 1.29 is 0 Å². The number of aryl methyl sites for hydroxylation is 1. The molecular formula is C16H19BrN2. The Morgan fingerprint density at radius 3 is 2.16 bits per heavy atom. The van der Waals surface area contributed by atoms with Crippen molar-refractivity contribution in [2.45, 2.75) is 19.9 Å². The van der Waals surface area contributed by atoms with E-state index in [4.69, 9.17) is 5.73 Å². The first-order valence-electron chi connectivity index (χ1n) is 6.34. The first kappa shape index (κ1) is 14.1. The van der Waals surface area contributed by atoms with Crippen molar-refractivity contribution in [1.82, 2.24) is 0 Å². The molecule has 0 saturated heterocycles. The Morgan fingerprint density at radius 2 is 1.63 bits per heavy atom. The zero-order valence-corrected chi connectivity index (χ0v) is 13.1. The number of nitrogens with two attached hydrogens (primary N) is 1. The van der Waals surface area contributed by atoms with Crippen LogP contribution in [0.25, 0.3) is 0 Å². The maximum Gasteiger partial charge on any atom is 0.0419 e. The smallest absolute Gasteiger partial charge is 0.0419 e. The van der Waals surface area contributed by atoms with Gasteiger partial charge in [0.1, 0.15) is 0 Å². The summed E-state index contributed by atoms with van der Waals surface area (Å²) in [6.07, 6.45) is 0. The largest absolute Gasteiger partial charge is 0.345 e. The SMILES string of the molecule is Cc1ccc(N(C)c2ccc([C@H](C)N)c(Br)c2)cc1. The second-order valence-corrected chi connectivity index (χ2v) is 5.74. The van der Waals surface area contributed by atoms with Gasteiger partial charge in [-0.3, -0.25) is 0 Å². The van der Waals surface area contributed by atoms with Crippen LogP contribution in [0.4, 0.5) is 11.4 Å². The number of halogens is 1. The van der Waals surface area contributed by atoms with E-state index in [1.54, 1.807) is 0 Å². The molecule has 2 N–H and O–H groups in total. The summed E-state index contributed by atoms with van der Waals surface area (Å²) in [5.41, 5.74) is 10.6. The number of nitrogens with zero attached hydrogens (tertiary/aromatic N) is 1. The van der Waals surface area contributed by atoms with Gasteiger partial charge in [0.15, 0.2) is 0 Å². The van der Waals surface area contributed by atoms with E-state index >= 15 is 0 Å². The highest BCUT2D eigenvalue weighted by Crippen LogP contribution is 2.30. The number of hydrogen-bond donors (Lipinski definition) is 1. The highest BCUT2D eigenvalue weighted by atomic mass is 79.9. The molecule has 0 fully saturated rings. The first-order valence-corrected chi connectivity index (χ1v) is 7.14. The van der Waals surface area contributed by atoms with E-state index in [9.17, 15) is 0 Å². The molecule has 2 rings (SSSR count). The van der Waals surface area contributed by atoms with Gasteiger partial charge in [-0.15, -0.1) is 0 Å². The van der Waals surface area contributed by atoms with Crippen LogP contribution in [0, 0.1) is 6.92 Å². The molecule has 2 aromatic carbocycles. The van der Waals surface area contributed by atoms with Gasteiger partial charge in [0.25, 0.3) is 0 Å². The lowest BCUT2D eigenvalue weighted by Gasteiger charge is -2.21. The summed E-state index contributed by atoms with van der Waals surface area (Å²) in [4.78, 5) is 2.16. The van der Waals surface area contributed by atoms with Gasteiger partial charge in [0.2, 0.25) is 0 Å². The predicted octanol–water partition coefficient (Wildman–Crippen LogP) is 4.55. The molecule has 19 heavy (non-hydrogen) atoms. The Labute approximate surface area is 123 Å². The third-order valence-electron chi connectivity index (χ3n) is 3.28. The van der Waals surface area contributed by atoms with Gasteiger partial charge >= 0.3 is 0 Å². The second kappa shape index (κ2) is 5.76. The van der Waals surface area contributed by atoms with Gasteiger partial charge in [-0.25, -0.2) is 0 Å². The van der Waals surface area contributed by atoms with Crippen LogP contribution in [-0.2, 0) is 0 Å². The first-order chi connectivity index (χ1) is 8.99. The van der Waals surface area contributed by atoms with Crippen LogP contribution in [0.15, 0.2) is 46.9 Å². The van der Waals surface area contributed by atoms with Gasteiger partial charge in [0.05, 0.1) is 0 Å². The van der Waals surface area contributed by atoms with Gasteiger partial charge in [0, 0.05) is 28.9 Å². The summed E-state index contributed by atoms with van der Waals surface area (Å²) in [6.45, 7) is 4.08. The highest BCUT2D eigenvalue weighted by molar-refractivity contribution is 9.10. The third-order valence-corrected chi connectivity index (χ3v) is 3.97. The molecule has 0 heterocycles. The van der Waals surface area contributed by atoms with E-state index in [0.29, 0.717) is 0 Å². The van der Waals surface area contributed by atoms with Crippen LogP contribution in [-0.4, -0.2) is 7.05 Å². The standard InChI is InChI=1S/C16H19BrN2/c1-11-4-6-13(7-5-11)19(3)14-8-9-15(12(2)18)16(17)10-14/h4-10,12H,18H2,1-3H3/t12-/m0/s1. The van der Waals surface area contributed by atoms with Crippen molar-refractivity contribution in [3.8, 4) is 0 Å². The van der Waals surface area contributed by atoms with Gasteiger partial charge < -0.3 is 10.6 Å². The minimum absolute atomic E-state index is 0.0353. The Morgan fingerprint density at radius 1 is 1.05 bits per heavy atom. The van der Waals surface area contributed by atoms with E-state index in [1.165, 1.54) is 11.3 Å². The highest BCUT2D eigenvalue weighted by Gasteiger charge is 2.09.